The Kier molecular flexibility index (Phi) is 2.20. The summed E-state index contributed by atoms with van der Waals surface area (Å²) in [7, 11) is 0. The molecule has 0 aromatic carbocycles. The molecular formula is C8H12O2. The van der Waals surface area contributed by atoms with Crippen LogP contribution in [0.1, 0.15) is 32.6 Å². The van der Waals surface area contributed by atoms with Crippen molar-refractivity contribution in [1.29, 1.82) is 0 Å². The number of rotatable bonds is 2. The molecule has 0 bridgehead atoms. The molecule has 0 radical (unpaired) electrons. The molecule has 0 saturated heterocycles. The van der Waals surface area contributed by atoms with Gasteiger partial charge in [0.05, 0.1) is 0 Å². The van der Waals surface area contributed by atoms with Crippen molar-refractivity contribution in [2.24, 2.45) is 5.92 Å². The van der Waals surface area contributed by atoms with Crippen molar-refractivity contribution < 1.29 is 9.59 Å². The van der Waals surface area contributed by atoms with Crippen LogP contribution in [0.5, 0.6) is 0 Å². The number of ketones is 2. The third kappa shape index (κ3) is 1.94. The minimum absolute atomic E-state index is 0.208. The minimum Gasteiger partial charge on any atom is -0.300 e. The first-order valence-electron chi connectivity index (χ1n) is 3.69. The maximum Gasteiger partial charge on any atom is 0.133 e. The molecule has 1 fully saturated rings. The first-order valence-corrected chi connectivity index (χ1v) is 3.69. The zero-order chi connectivity index (χ0) is 7.56. The summed E-state index contributed by atoms with van der Waals surface area (Å²) in [5.41, 5.74) is 0. The summed E-state index contributed by atoms with van der Waals surface area (Å²) in [5.74, 6) is 0.899. The fraction of sp³-hybridized carbons (Fsp3) is 0.750. The van der Waals surface area contributed by atoms with Crippen LogP contribution >= 0.6 is 0 Å². The maximum atomic E-state index is 10.7. The molecule has 1 aliphatic rings. The number of Topliss-reactive ketones (excluding diaryl/α,β-unsaturated/α-hetero) is 2. The maximum absolute atomic E-state index is 10.7. The molecular weight excluding hydrogens is 128 g/mol. The van der Waals surface area contributed by atoms with Crippen LogP contribution in [0.2, 0.25) is 0 Å². The highest BCUT2D eigenvalue weighted by molar-refractivity contribution is 5.82. The normalized spacial score (nSPS) is 25.3. The first kappa shape index (κ1) is 7.45. The zero-order valence-corrected chi connectivity index (χ0v) is 6.22. The van der Waals surface area contributed by atoms with Gasteiger partial charge in [-0.2, -0.15) is 0 Å². The van der Waals surface area contributed by atoms with E-state index in [9.17, 15) is 9.59 Å². The van der Waals surface area contributed by atoms with Gasteiger partial charge in [0.25, 0.3) is 0 Å². The molecule has 56 valence electrons. The average molecular weight is 140 g/mol. The summed E-state index contributed by atoms with van der Waals surface area (Å²) in [6.45, 7) is 1.59. The lowest BCUT2D eigenvalue weighted by atomic mass is 10.0. The fourth-order valence-corrected chi connectivity index (χ4v) is 1.47. The van der Waals surface area contributed by atoms with Gasteiger partial charge in [-0.05, 0) is 19.3 Å². The summed E-state index contributed by atoms with van der Waals surface area (Å²) in [5, 5.41) is 0. The molecule has 0 amide bonds. The molecule has 0 aromatic rings. The first-order chi connectivity index (χ1) is 4.68. The SMILES string of the molecule is CC(=O)C[C@H]1CCC(=O)C1. The van der Waals surface area contributed by atoms with E-state index >= 15 is 0 Å². The molecule has 0 heterocycles. The van der Waals surface area contributed by atoms with Gasteiger partial charge in [-0.15, -0.1) is 0 Å². The largest absolute Gasteiger partial charge is 0.300 e. The van der Waals surface area contributed by atoms with E-state index in [-0.39, 0.29) is 5.78 Å². The monoisotopic (exact) mass is 140 g/mol. The van der Waals surface area contributed by atoms with Gasteiger partial charge in [0.15, 0.2) is 0 Å². The van der Waals surface area contributed by atoms with Crippen LogP contribution in [-0.4, -0.2) is 11.6 Å². The van der Waals surface area contributed by atoms with Crippen LogP contribution in [-0.2, 0) is 9.59 Å². The predicted octanol–water partition coefficient (Wildman–Crippen LogP) is 1.33. The molecule has 2 heteroatoms. The van der Waals surface area contributed by atoms with E-state index in [2.05, 4.69) is 0 Å². The van der Waals surface area contributed by atoms with Gasteiger partial charge >= 0.3 is 0 Å². The Morgan fingerprint density at radius 2 is 2.40 bits per heavy atom. The predicted molar refractivity (Wildman–Crippen MR) is 37.6 cm³/mol. The molecule has 0 unspecified atom stereocenters. The Morgan fingerprint density at radius 1 is 1.70 bits per heavy atom. The lowest BCUT2D eigenvalue weighted by Crippen LogP contribution is -2.01. The lowest BCUT2D eigenvalue weighted by molar-refractivity contribution is -0.118. The molecule has 10 heavy (non-hydrogen) atoms. The summed E-state index contributed by atoms with van der Waals surface area (Å²) in [4.78, 5) is 21.3. The molecule has 0 spiro atoms. The second kappa shape index (κ2) is 2.95. The van der Waals surface area contributed by atoms with E-state index in [1.165, 1.54) is 0 Å². The van der Waals surface area contributed by atoms with Crippen molar-refractivity contribution in [2.75, 3.05) is 0 Å². The van der Waals surface area contributed by atoms with E-state index in [4.69, 9.17) is 0 Å². The highest BCUT2D eigenvalue weighted by atomic mass is 16.1. The minimum atomic E-state index is 0.208. The van der Waals surface area contributed by atoms with Gasteiger partial charge in [0.2, 0.25) is 0 Å². The van der Waals surface area contributed by atoms with Crippen LogP contribution in [0.15, 0.2) is 0 Å². The van der Waals surface area contributed by atoms with Gasteiger partial charge in [-0.25, -0.2) is 0 Å². The van der Waals surface area contributed by atoms with E-state index in [1.807, 2.05) is 0 Å². The summed E-state index contributed by atoms with van der Waals surface area (Å²) < 4.78 is 0. The third-order valence-corrected chi connectivity index (χ3v) is 1.92. The smallest absolute Gasteiger partial charge is 0.133 e. The van der Waals surface area contributed by atoms with E-state index in [0.29, 0.717) is 31.0 Å². The summed E-state index contributed by atoms with van der Waals surface area (Å²) in [6.07, 6.45) is 2.86. The van der Waals surface area contributed by atoms with Crippen LogP contribution in [0.4, 0.5) is 0 Å². The van der Waals surface area contributed by atoms with Crippen molar-refractivity contribution in [3.63, 3.8) is 0 Å². The van der Waals surface area contributed by atoms with Crippen molar-refractivity contribution in [3.8, 4) is 0 Å². The van der Waals surface area contributed by atoms with Gasteiger partial charge < -0.3 is 4.79 Å². The Balaban J connectivity index is 2.31. The van der Waals surface area contributed by atoms with Crippen molar-refractivity contribution in [3.05, 3.63) is 0 Å². The Bertz CT molecular complexity index is 161. The van der Waals surface area contributed by atoms with Crippen molar-refractivity contribution in [1.82, 2.24) is 0 Å². The van der Waals surface area contributed by atoms with Gasteiger partial charge in [-0.3, -0.25) is 4.79 Å². The topological polar surface area (TPSA) is 34.1 Å². The van der Waals surface area contributed by atoms with Crippen LogP contribution < -0.4 is 0 Å². The fourth-order valence-electron chi connectivity index (χ4n) is 1.47. The Labute approximate surface area is 60.6 Å². The highest BCUT2D eigenvalue weighted by Gasteiger charge is 2.22. The van der Waals surface area contributed by atoms with Crippen LogP contribution in [0.25, 0.3) is 0 Å². The number of carbonyl (C=O) groups is 2. The lowest BCUT2D eigenvalue weighted by Gasteiger charge is -2.01. The van der Waals surface area contributed by atoms with Crippen molar-refractivity contribution >= 4 is 11.6 Å². The Hall–Kier alpha value is -0.660. The summed E-state index contributed by atoms with van der Waals surface area (Å²) >= 11 is 0. The van der Waals surface area contributed by atoms with Gasteiger partial charge in [0, 0.05) is 19.3 Å². The molecule has 1 aliphatic carbocycles. The van der Waals surface area contributed by atoms with E-state index < -0.39 is 0 Å². The average Bonchev–Trinajstić information content (AvgIpc) is 2.13. The molecule has 0 N–H and O–H groups in total. The molecule has 0 aromatic heterocycles. The highest BCUT2D eigenvalue weighted by Crippen LogP contribution is 2.24. The van der Waals surface area contributed by atoms with Gasteiger partial charge in [-0.1, -0.05) is 0 Å². The molecule has 1 rings (SSSR count). The Morgan fingerprint density at radius 3 is 2.80 bits per heavy atom. The number of hydrogen-bond acceptors (Lipinski definition) is 2. The second-order valence-electron chi connectivity index (χ2n) is 3.05. The zero-order valence-electron chi connectivity index (χ0n) is 6.22. The second-order valence-corrected chi connectivity index (χ2v) is 3.05. The van der Waals surface area contributed by atoms with Crippen molar-refractivity contribution in [2.45, 2.75) is 32.6 Å². The number of hydrogen-bond donors (Lipinski definition) is 0. The molecule has 2 nitrogen and oxygen atoms in total. The number of carbonyl (C=O) groups excluding carboxylic acids is 2. The van der Waals surface area contributed by atoms with E-state index in [0.717, 1.165) is 6.42 Å². The molecule has 1 atom stereocenters. The third-order valence-electron chi connectivity index (χ3n) is 1.92. The summed E-state index contributed by atoms with van der Waals surface area (Å²) in [6, 6.07) is 0. The van der Waals surface area contributed by atoms with Gasteiger partial charge in [0.1, 0.15) is 11.6 Å². The quantitative estimate of drug-likeness (QED) is 0.580. The molecule has 1 saturated carbocycles. The van der Waals surface area contributed by atoms with Crippen LogP contribution in [0, 0.1) is 5.92 Å². The standard InChI is InChI=1S/C8H12O2/c1-6(9)4-7-2-3-8(10)5-7/h7H,2-5H2,1H3/t7-/m1/s1. The van der Waals surface area contributed by atoms with E-state index in [1.54, 1.807) is 6.92 Å². The molecule has 0 aliphatic heterocycles. The van der Waals surface area contributed by atoms with Crippen LogP contribution in [0.3, 0.4) is 0 Å².